The van der Waals surface area contributed by atoms with Crippen LogP contribution in [0.5, 0.6) is 0 Å². The van der Waals surface area contributed by atoms with E-state index in [1.807, 2.05) is 4.90 Å². The molecule has 0 atom stereocenters. The van der Waals surface area contributed by atoms with Crippen LogP contribution in [0.4, 0.5) is 4.39 Å². The molecule has 1 aliphatic carbocycles. The molecule has 104 valence electrons. The van der Waals surface area contributed by atoms with Crippen molar-refractivity contribution in [2.75, 3.05) is 25.4 Å². The van der Waals surface area contributed by atoms with Crippen molar-refractivity contribution in [3.8, 4) is 0 Å². The van der Waals surface area contributed by atoms with Crippen molar-refractivity contribution >= 4 is 17.7 Å². The molecule has 5 heteroatoms. The molecule has 0 aromatic heterocycles. The predicted molar refractivity (Wildman–Crippen MR) is 73.9 cm³/mol. The SMILES string of the molecule is O=C(O)CN(CCSc1ccc(F)cc1)CC1CC1. The first-order valence-corrected chi connectivity index (χ1v) is 7.44. The van der Waals surface area contributed by atoms with Crippen molar-refractivity contribution in [3.63, 3.8) is 0 Å². The molecule has 2 rings (SSSR count). The van der Waals surface area contributed by atoms with E-state index in [-0.39, 0.29) is 12.4 Å². The lowest BCUT2D eigenvalue weighted by Crippen LogP contribution is -2.33. The molecule has 0 bridgehead atoms. The molecule has 3 nitrogen and oxygen atoms in total. The van der Waals surface area contributed by atoms with Gasteiger partial charge in [0.05, 0.1) is 6.54 Å². The average molecular weight is 283 g/mol. The summed E-state index contributed by atoms with van der Waals surface area (Å²) in [5, 5.41) is 8.87. The fourth-order valence-corrected chi connectivity index (χ4v) is 2.83. The lowest BCUT2D eigenvalue weighted by atomic mass is 10.3. The summed E-state index contributed by atoms with van der Waals surface area (Å²) in [5.74, 6) is 0.513. The minimum atomic E-state index is -0.771. The first-order chi connectivity index (χ1) is 9.13. The summed E-state index contributed by atoms with van der Waals surface area (Å²) >= 11 is 1.63. The molecule has 0 saturated heterocycles. The Bertz CT molecular complexity index is 420. The molecular formula is C14H18FNO2S. The summed E-state index contributed by atoms with van der Waals surface area (Å²) in [6.45, 7) is 1.75. The van der Waals surface area contributed by atoms with Gasteiger partial charge in [-0.25, -0.2) is 4.39 Å². The minimum absolute atomic E-state index is 0.112. The fourth-order valence-electron chi connectivity index (χ4n) is 1.92. The Hall–Kier alpha value is -1.07. The van der Waals surface area contributed by atoms with Gasteiger partial charge in [-0.05, 0) is 43.0 Å². The van der Waals surface area contributed by atoms with E-state index >= 15 is 0 Å². The number of thioether (sulfide) groups is 1. The summed E-state index contributed by atoms with van der Waals surface area (Å²) in [6.07, 6.45) is 2.45. The Balaban J connectivity index is 1.74. The smallest absolute Gasteiger partial charge is 0.317 e. The van der Waals surface area contributed by atoms with Crippen LogP contribution in [-0.2, 0) is 4.79 Å². The highest BCUT2D eigenvalue weighted by atomic mass is 32.2. The van der Waals surface area contributed by atoms with Gasteiger partial charge in [-0.1, -0.05) is 0 Å². The number of rotatable bonds is 8. The number of hydrogen-bond donors (Lipinski definition) is 1. The summed E-state index contributed by atoms with van der Waals surface area (Å²) in [4.78, 5) is 13.8. The van der Waals surface area contributed by atoms with Crippen LogP contribution in [0.3, 0.4) is 0 Å². The lowest BCUT2D eigenvalue weighted by molar-refractivity contribution is -0.138. The molecule has 1 aromatic rings. The van der Waals surface area contributed by atoms with Crippen molar-refractivity contribution in [2.45, 2.75) is 17.7 Å². The van der Waals surface area contributed by atoms with Gasteiger partial charge >= 0.3 is 5.97 Å². The lowest BCUT2D eigenvalue weighted by Gasteiger charge is -2.19. The third-order valence-electron chi connectivity index (χ3n) is 3.06. The maximum absolute atomic E-state index is 12.7. The van der Waals surface area contributed by atoms with Crippen molar-refractivity contribution in [2.24, 2.45) is 5.92 Å². The number of halogens is 1. The largest absolute Gasteiger partial charge is 0.480 e. The molecule has 1 aliphatic rings. The van der Waals surface area contributed by atoms with E-state index in [0.29, 0.717) is 5.92 Å². The van der Waals surface area contributed by atoms with Crippen molar-refractivity contribution < 1.29 is 14.3 Å². The van der Waals surface area contributed by atoms with Crippen LogP contribution >= 0.6 is 11.8 Å². The maximum Gasteiger partial charge on any atom is 0.317 e. The van der Waals surface area contributed by atoms with Crippen LogP contribution < -0.4 is 0 Å². The molecule has 0 aliphatic heterocycles. The molecule has 1 N–H and O–H groups in total. The molecule has 1 aromatic carbocycles. The highest BCUT2D eigenvalue weighted by Crippen LogP contribution is 2.29. The minimum Gasteiger partial charge on any atom is -0.480 e. The van der Waals surface area contributed by atoms with Crippen LogP contribution in [0.1, 0.15) is 12.8 Å². The molecule has 0 spiro atoms. The van der Waals surface area contributed by atoms with Crippen molar-refractivity contribution in [3.05, 3.63) is 30.1 Å². The summed E-state index contributed by atoms with van der Waals surface area (Å²) in [6, 6.07) is 6.40. The number of aliphatic carboxylic acids is 1. The quantitative estimate of drug-likeness (QED) is 0.745. The van der Waals surface area contributed by atoms with Crippen molar-refractivity contribution in [1.29, 1.82) is 0 Å². The van der Waals surface area contributed by atoms with Gasteiger partial charge in [0.2, 0.25) is 0 Å². The van der Waals surface area contributed by atoms with E-state index in [9.17, 15) is 9.18 Å². The van der Waals surface area contributed by atoms with Gasteiger partial charge in [-0.2, -0.15) is 0 Å². The van der Waals surface area contributed by atoms with Crippen molar-refractivity contribution in [1.82, 2.24) is 4.90 Å². The summed E-state index contributed by atoms with van der Waals surface area (Å²) < 4.78 is 12.7. The predicted octanol–water partition coefficient (Wildman–Crippen LogP) is 2.71. The second kappa shape index (κ2) is 6.91. The topological polar surface area (TPSA) is 40.5 Å². The van der Waals surface area contributed by atoms with Gasteiger partial charge in [-0.15, -0.1) is 11.8 Å². The Kier molecular flexibility index (Phi) is 5.22. The molecule has 0 amide bonds. The molecule has 0 heterocycles. The first kappa shape index (κ1) is 14.3. The molecule has 0 unspecified atom stereocenters. The van der Waals surface area contributed by atoms with E-state index < -0.39 is 5.97 Å². The number of carboxylic acid groups (broad SMARTS) is 1. The Labute approximate surface area is 116 Å². The Morgan fingerprint density at radius 3 is 2.63 bits per heavy atom. The highest BCUT2D eigenvalue weighted by Gasteiger charge is 2.24. The molecule has 1 saturated carbocycles. The molecule has 19 heavy (non-hydrogen) atoms. The molecule has 0 radical (unpaired) electrons. The van der Waals surface area contributed by atoms with Gasteiger partial charge in [0, 0.05) is 23.7 Å². The second-order valence-corrected chi connectivity index (χ2v) is 6.04. The van der Waals surface area contributed by atoms with Crippen LogP contribution in [0.2, 0.25) is 0 Å². The fraction of sp³-hybridized carbons (Fsp3) is 0.500. The maximum atomic E-state index is 12.7. The van der Waals surface area contributed by atoms with Gasteiger partial charge in [0.15, 0.2) is 0 Å². The van der Waals surface area contributed by atoms with Gasteiger partial charge < -0.3 is 5.11 Å². The number of nitrogens with zero attached hydrogens (tertiary/aromatic N) is 1. The standard InChI is InChI=1S/C14H18FNO2S/c15-12-3-5-13(6-4-12)19-8-7-16(10-14(17)18)9-11-1-2-11/h3-6,11H,1-2,7-10H2,(H,17,18). The van der Waals surface area contributed by atoms with Gasteiger partial charge in [0.25, 0.3) is 0 Å². The van der Waals surface area contributed by atoms with Crippen LogP contribution in [0.15, 0.2) is 29.2 Å². The average Bonchev–Trinajstić information content (AvgIpc) is 3.15. The van der Waals surface area contributed by atoms with E-state index in [1.54, 1.807) is 23.9 Å². The van der Waals surface area contributed by atoms with Crippen LogP contribution in [-0.4, -0.2) is 41.4 Å². The monoisotopic (exact) mass is 283 g/mol. The van der Waals surface area contributed by atoms with E-state index in [0.717, 1.165) is 23.7 Å². The Morgan fingerprint density at radius 1 is 1.37 bits per heavy atom. The number of benzene rings is 1. The van der Waals surface area contributed by atoms with Crippen LogP contribution in [0.25, 0.3) is 0 Å². The van der Waals surface area contributed by atoms with Gasteiger partial charge in [-0.3, -0.25) is 9.69 Å². The normalized spacial score (nSPS) is 14.8. The number of carbonyl (C=O) groups is 1. The zero-order valence-corrected chi connectivity index (χ0v) is 11.5. The highest BCUT2D eigenvalue weighted by molar-refractivity contribution is 7.99. The zero-order valence-electron chi connectivity index (χ0n) is 10.7. The van der Waals surface area contributed by atoms with E-state index in [2.05, 4.69) is 0 Å². The van der Waals surface area contributed by atoms with Crippen LogP contribution in [0, 0.1) is 11.7 Å². The second-order valence-electron chi connectivity index (χ2n) is 4.87. The number of carboxylic acids is 1. The first-order valence-electron chi connectivity index (χ1n) is 6.46. The van der Waals surface area contributed by atoms with Gasteiger partial charge in [0.1, 0.15) is 5.82 Å². The third-order valence-corrected chi connectivity index (χ3v) is 4.05. The third kappa shape index (κ3) is 5.61. The number of hydrogen-bond acceptors (Lipinski definition) is 3. The summed E-state index contributed by atoms with van der Waals surface area (Å²) in [5.41, 5.74) is 0. The molecular weight excluding hydrogens is 265 g/mol. The Morgan fingerprint density at radius 2 is 2.05 bits per heavy atom. The summed E-state index contributed by atoms with van der Waals surface area (Å²) in [7, 11) is 0. The van der Waals surface area contributed by atoms with E-state index in [4.69, 9.17) is 5.11 Å². The van der Waals surface area contributed by atoms with E-state index in [1.165, 1.54) is 25.0 Å². The molecule has 1 fully saturated rings. The zero-order chi connectivity index (χ0) is 13.7.